The Balaban J connectivity index is 1.74. The monoisotopic (exact) mass is 315 g/mol. The number of ether oxygens (including phenoxy) is 1. The third kappa shape index (κ3) is 3.62. The van der Waals surface area contributed by atoms with Crippen molar-refractivity contribution < 1.29 is 4.74 Å². The number of hydrogen-bond acceptors (Lipinski definition) is 4. The zero-order valence-electron chi connectivity index (χ0n) is 14.1. The van der Waals surface area contributed by atoms with Crippen LogP contribution in [0.5, 0.6) is 0 Å². The van der Waals surface area contributed by atoms with Gasteiger partial charge in [0.05, 0.1) is 29.2 Å². The molecule has 5 heteroatoms. The molecule has 1 fully saturated rings. The molecular formula is C18H25N3O2. The van der Waals surface area contributed by atoms with Gasteiger partial charge in [-0.25, -0.2) is 4.98 Å². The molecule has 1 N–H and O–H groups in total. The standard InChI is InChI=1S/C18H25N3O2/c1-12(2)23-14-8-10-21(11-9-14)13(3)17-19-16-7-5-4-6-15(16)18(22)20-17/h4-7,12-14H,8-11H2,1-3H3,(H,19,20,22). The second-order valence-corrected chi connectivity index (χ2v) is 6.56. The van der Waals surface area contributed by atoms with Crippen molar-refractivity contribution in [1.82, 2.24) is 14.9 Å². The van der Waals surface area contributed by atoms with Gasteiger partial charge in [0.1, 0.15) is 5.82 Å². The molecule has 1 aromatic heterocycles. The summed E-state index contributed by atoms with van der Waals surface area (Å²) in [6.45, 7) is 8.21. The van der Waals surface area contributed by atoms with Gasteiger partial charge in [0.2, 0.25) is 0 Å². The molecule has 1 atom stereocenters. The Morgan fingerprint density at radius 2 is 1.91 bits per heavy atom. The summed E-state index contributed by atoms with van der Waals surface area (Å²) in [6, 6.07) is 7.58. The predicted octanol–water partition coefficient (Wildman–Crippen LogP) is 2.87. The highest BCUT2D eigenvalue weighted by Gasteiger charge is 2.25. The SMILES string of the molecule is CC(C)OC1CCN(C(C)c2nc3ccccc3c(=O)[nH]2)CC1. The van der Waals surface area contributed by atoms with E-state index >= 15 is 0 Å². The molecule has 1 saturated heterocycles. The first kappa shape index (κ1) is 16.1. The van der Waals surface area contributed by atoms with Crippen LogP contribution in [0.1, 0.15) is 45.5 Å². The molecule has 5 nitrogen and oxygen atoms in total. The maximum Gasteiger partial charge on any atom is 0.258 e. The third-order valence-corrected chi connectivity index (χ3v) is 4.52. The molecule has 0 aliphatic carbocycles. The van der Waals surface area contributed by atoms with Crippen molar-refractivity contribution in [3.8, 4) is 0 Å². The van der Waals surface area contributed by atoms with Crippen LogP contribution in [0.15, 0.2) is 29.1 Å². The van der Waals surface area contributed by atoms with E-state index in [0.29, 0.717) is 11.5 Å². The van der Waals surface area contributed by atoms with Gasteiger partial charge in [-0.2, -0.15) is 0 Å². The molecule has 0 saturated carbocycles. The van der Waals surface area contributed by atoms with Crippen LogP contribution in [0, 0.1) is 0 Å². The average molecular weight is 315 g/mol. The highest BCUT2D eigenvalue weighted by atomic mass is 16.5. The number of fused-ring (bicyclic) bond motifs is 1. The summed E-state index contributed by atoms with van der Waals surface area (Å²) >= 11 is 0. The van der Waals surface area contributed by atoms with E-state index in [-0.39, 0.29) is 17.7 Å². The topological polar surface area (TPSA) is 58.2 Å². The smallest absolute Gasteiger partial charge is 0.258 e. The van der Waals surface area contributed by atoms with E-state index in [1.54, 1.807) is 0 Å². The fourth-order valence-electron chi connectivity index (χ4n) is 3.26. The Labute approximate surface area is 136 Å². The Hall–Kier alpha value is -1.72. The molecule has 0 amide bonds. The van der Waals surface area contributed by atoms with E-state index in [0.717, 1.165) is 37.3 Å². The summed E-state index contributed by atoms with van der Waals surface area (Å²) in [6.07, 6.45) is 2.69. The number of para-hydroxylation sites is 1. The molecule has 23 heavy (non-hydrogen) atoms. The van der Waals surface area contributed by atoms with Gasteiger partial charge in [-0.1, -0.05) is 12.1 Å². The third-order valence-electron chi connectivity index (χ3n) is 4.52. The summed E-state index contributed by atoms with van der Waals surface area (Å²) in [5.41, 5.74) is 0.701. The number of benzene rings is 1. The molecule has 0 radical (unpaired) electrons. The first-order valence-corrected chi connectivity index (χ1v) is 8.43. The van der Waals surface area contributed by atoms with E-state index in [4.69, 9.17) is 4.74 Å². The fraction of sp³-hybridized carbons (Fsp3) is 0.556. The number of rotatable bonds is 4. The van der Waals surface area contributed by atoms with Crippen molar-refractivity contribution in [2.75, 3.05) is 13.1 Å². The Morgan fingerprint density at radius 3 is 2.61 bits per heavy atom. The number of nitrogens with one attached hydrogen (secondary N) is 1. The highest BCUT2D eigenvalue weighted by molar-refractivity contribution is 5.77. The lowest BCUT2D eigenvalue weighted by molar-refractivity contribution is -0.0328. The number of hydrogen-bond donors (Lipinski definition) is 1. The second-order valence-electron chi connectivity index (χ2n) is 6.56. The molecule has 1 aromatic carbocycles. The van der Waals surface area contributed by atoms with Gasteiger partial charge in [0.25, 0.3) is 5.56 Å². The molecule has 2 aromatic rings. The highest BCUT2D eigenvalue weighted by Crippen LogP contribution is 2.24. The van der Waals surface area contributed by atoms with E-state index in [1.165, 1.54) is 0 Å². The first-order valence-electron chi connectivity index (χ1n) is 8.43. The van der Waals surface area contributed by atoms with E-state index in [1.807, 2.05) is 24.3 Å². The van der Waals surface area contributed by atoms with Gasteiger partial charge in [-0.05, 0) is 45.7 Å². The largest absolute Gasteiger partial charge is 0.375 e. The van der Waals surface area contributed by atoms with Gasteiger partial charge in [0.15, 0.2) is 0 Å². The number of piperidine rings is 1. The van der Waals surface area contributed by atoms with Crippen molar-refractivity contribution in [2.24, 2.45) is 0 Å². The van der Waals surface area contributed by atoms with Crippen molar-refractivity contribution in [3.63, 3.8) is 0 Å². The van der Waals surface area contributed by atoms with Gasteiger partial charge in [-0.3, -0.25) is 9.69 Å². The maximum atomic E-state index is 12.2. The first-order chi connectivity index (χ1) is 11.0. The number of likely N-dealkylation sites (tertiary alicyclic amines) is 1. The zero-order chi connectivity index (χ0) is 16.4. The van der Waals surface area contributed by atoms with Crippen molar-refractivity contribution in [1.29, 1.82) is 0 Å². The molecule has 0 spiro atoms. The molecular weight excluding hydrogens is 290 g/mol. The van der Waals surface area contributed by atoms with Crippen LogP contribution in [0.25, 0.3) is 10.9 Å². The van der Waals surface area contributed by atoms with Gasteiger partial charge in [0, 0.05) is 13.1 Å². The Kier molecular flexibility index (Phi) is 4.78. The second kappa shape index (κ2) is 6.81. The van der Waals surface area contributed by atoms with Crippen LogP contribution in [-0.2, 0) is 4.74 Å². The maximum absolute atomic E-state index is 12.2. The summed E-state index contributed by atoms with van der Waals surface area (Å²) in [5.74, 6) is 0.747. The molecule has 3 rings (SSSR count). The van der Waals surface area contributed by atoms with Crippen LogP contribution in [0.2, 0.25) is 0 Å². The summed E-state index contributed by atoms with van der Waals surface area (Å²) < 4.78 is 5.90. The van der Waals surface area contributed by atoms with Crippen molar-refractivity contribution in [3.05, 3.63) is 40.4 Å². The number of aromatic nitrogens is 2. The fourth-order valence-corrected chi connectivity index (χ4v) is 3.26. The molecule has 1 aliphatic heterocycles. The van der Waals surface area contributed by atoms with E-state index in [9.17, 15) is 4.79 Å². The minimum Gasteiger partial charge on any atom is -0.375 e. The summed E-state index contributed by atoms with van der Waals surface area (Å²) in [4.78, 5) is 22.2. The van der Waals surface area contributed by atoms with Crippen molar-refractivity contribution in [2.45, 2.75) is 51.9 Å². The van der Waals surface area contributed by atoms with Crippen LogP contribution >= 0.6 is 0 Å². The molecule has 1 aliphatic rings. The molecule has 124 valence electrons. The quantitative estimate of drug-likeness (QED) is 0.942. The van der Waals surface area contributed by atoms with E-state index < -0.39 is 0 Å². The Bertz CT molecular complexity index is 718. The predicted molar refractivity (Wildman–Crippen MR) is 91.6 cm³/mol. The van der Waals surface area contributed by atoms with E-state index in [2.05, 4.69) is 35.6 Å². The number of nitrogens with zero attached hydrogens (tertiary/aromatic N) is 2. The van der Waals surface area contributed by atoms with Crippen molar-refractivity contribution >= 4 is 10.9 Å². The van der Waals surface area contributed by atoms with Crippen LogP contribution in [-0.4, -0.2) is 40.2 Å². The van der Waals surface area contributed by atoms with Crippen LogP contribution in [0.4, 0.5) is 0 Å². The molecule has 2 heterocycles. The minimum absolute atomic E-state index is 0.0597. The Morgan fingerprint density at radius 1 is 1.22 bits per heavy atom. The summed E-state index contributed by atoms with van der Waals surface area (Å²) in [5, 5.41) is 0.646. The number of H-pyrrole nitrogens is 1. The lowest BCUT2D eigenvalue weighted by Gasteiger charge is -2.36. The zero-order valence-corrected chi connectivity index (χ0v) is 14.1. The number of aromatic amines is 1. The minimum atomic E-state index is -0.0597. The average Bonchev–Trinajstić information content (AvgIpc) is 2.54. The lowest BCUT2D eigenvalue weighted by Crippen LogP contribution is -2.40. The van der Waals surface area contributed by atoms with Crippen LogP contribution < -0.4 is 5.56 Å². The summed E-state index contributed by atoms with van der Waals surface area (Å²) in [7, 11) is 0. The normalized spacial score (nSPS) is 18.6. The van der Waals surface area contributed by atoms with Gasteiger partial charge in [-0.15, -0.1) is 0 Å². The van der Waals surface area contributed by atoms with Gasteiger partial charge < -0.3 is 9.72 Å². The molecule has 0 bridgehead atoms. The van der Waals surface area contributed by atoms with Crippen LogP contribution in [0.3, 0.4) is 0 Å². The molecule has 1 unspecified atom stereocenters. The van der Waals surface area contributed by atoms with Gasteiger partial charge >= 0.3 is 0 Å². The lowest BCUT2D eigenvalue weighted by atomic mass is 10.1.